The van der Waals surface area contributed by atoms with Gasteiger partial charge in [-0.1, -0.05) is 71.6 Å². The summed E-state index contributed by atoms with van der Waals surface area (Å²) in [5.41, 5.74) is 3.49. The van der Waals surface area contributed by atoms with Crippen molar-refractivity contribution in [1.29, 1.82) is 0 Å². The minimum Gasteiger partial charge on any atom is -0.256 e. The third-order valence-electron chi connectivity index (χ3n) is 3.91. The summed E-state index contributed by atoms with van der Waals surface area (Å²) in [6, 6.07) is 9.84. The number of pyridine rings is 1. The number of hydrogen-bond donors (Lipinski definition) is 0. The van der Waals surface area contributed by atoms with E-state index < -0.39 is 20.3 Å². The van der Waals surface area contributed by atoms with E-state index in [0.29, 0.717) is 0 Å². The molecule has 0 aliphatic rings. The van der Waals surface area contributed by atoms with E-state index in [2.05, 4.69) is 24.6 Å². The van der Waals surface area contributed by atoms with E-state index >= 15 is 0 Å². The second-order valence-electron chi connectivity index (χ2n) is 7.74. The van der Waals surface area contributed by atoms with Gasteiger partial charge in [0.05, 0.1) is 13.8 Å². The molecule has 0 fully saturated rings. The van der Waals surface area contributed by atoms with Crippen molar-refractivity contribution in [3.8, 4) is 11.3 Å². The van der Waals surface area contributed by atoms with Crippen LogP contribution in [0, 0.1) is 5.92 Å². The summed E-state index contributed by atoms with van der Waals surface area (Å²) in [6.45, 7) is 14.3. The maximum atomic E-state index is 8.65. The Morgan fingerprint density at radius 1 is 1.09 bits per heavy atom. The molecule has 0 amide bonds. The molecule has 0 spiro atoms. The lowest BCUT2D eigenvalue weighted by atomic mass is 9.99. The topological polar surface area (TPSA) is 12.9 Å². The molecular weight excluding hydrogens is 294 g/mol. The van der Waals surface area contributed by atoms with Crippen molar-refractivity contribution in [3.63, 3.8) is 0 Å². The average Bonchev–Trinajstić information content (AvgIpc) is 2.52. The van der Waals surface area contributed by atoms with Gasteiger partial charge in [-0.2, -0.15) is 0 Å². The Morgan fingerprint density at radius 2 is 1.70 bits per heavy atom. The van der Waals surface area contributed by atoms with Crippen molar-refractivity contribution in [1.82, 2.24) is 4.98 Å². The van der Waals surface area contributed by atoms with Crippen LogP contribution < -0.4 is 5.19 Å². The van der Waals surface area contributed by atoms with Gasteiger partial charge in [-0.05, 0) is 40.6 Å². The maximum Gasteiger partial charge on any atom is 0.0799 e. The Kier molecular flexibility index (Phi) is 4.25. The molecule has 2 rings (SSSR count). The molecule has 0 radical (unpaired) electrons. The van der Waals surface area contributed by atoms with E-state index in [1.54, 1.807) is 0 Å². The predicted octanol–water partition coefficient (Wildman–Crippen LogP) is 5.62. The minimum absolute atomic E-state index is 0.112. The summed E-state index contributed by atoms with van der Waals surface area (Å²) in [6.07, 6.45) is 0.496. The molecule has 2 aromatic rings. The Bertz CT molecular complexity index is 769. The summed E-state index contributed by atoms with van der Waals surface area (Å²) >= 11 is 0. The Labute approximate surface area is 147 Å². The zero-order valence-electron chi connectivity index (χ0n) is 18.5. The predicted molar refractivity (Wildman–Crippen MR) is 105 cm³/mol. The Hall–Kier alpha value is -1.41. The lowest BCUT2D eigenvalue weighted by Crippen LogP contribution is -2.40. The van der Waals surface area contributed by atoms with Crippen LogP contribution >= 0.6 is 0 Å². The van der Waals surface area contributed by atoms with Gasteiger partial charge in [0.2, 0.25) is 0 Å². The van der Waals surface area contributed by atoms with Crippen LogP contribution in [0.5, 0.6) is 0 Å². The normalized spacial score (nSPS) is 15.2. The molecule has 1 heterocycles. The summed E-state index contributed by atoms with van der Waals surface area (Å²) in [7, 11) is -1.72. The number of rotatable bonds is 5. The quantitative estimate of drug-likeness (QED) is 0.650. The van der Waals surface area contributed by atoms with Gasteiger partial charge < -0.3 is 0 Å². The lowest BCUT2D eigenvalue weighted by molar-refractivity contribution is 0.649. The molecule has 0 unspecified atom stereocenters. The molecule has 2 heteroatoms. The first-order chi connectivity index (χ1) is 11.7. The van der Waals surface area contributed by atoms with Gasteiger partial charge in [-0.25, -0.2) is 0 Å². The van der Waals surface area contributed by atoms with E-state index in [-0.39, 0.29) is 5.92 Å². The Morgan fingerprint density at radius 3 is 2.17 bits per heavy atom. The lowest BCUT2D eigenvalue weighted by Gasteiger charge is -2.22. The fourth-order valence-corrected chi connectivity index (χ4v) is 4.02. The zero-order chi connectivity index (χ0) is 19.9. The van der Waals surface area contributed by atoms with Crippen molar-refractivity contribution in [2.45, 2.75) is 59.6 Å². The Balaban J connectivity index is 2.59. The van der Waals surface area contributed by atoms with Crippen LogP contribution in [0.3, 0.4) is 0 Å². The van der Waals surface area contributed by atoms with Gasteiger partial charge in [0, 0.05) is 15.9 Å². The maximum absolute atomic E-state index is 8.65. The van der Waals surface area contributed by atoms with Crippen LogP contribution in [-0.2, 0) is 6.37 Å². The van der Waals surface area contributed by atoms with Gasteiger partial charge in [-0.3, -0.25) is 4.98 Å². The van der Waals surface area contributed by atoms with Crippen LogP contribution in [0.25, 0.3) is 11.3 Å². The smallest absolute Gasteiger partial charge is 0.0799 e. The first-order valence-electron chi connectivity index (χ1n) is 9.86. The standard InChI is InChI=1S/C21H31NSi/c1-15(2)12-19-13-20(22-14-21(19)23(5,6)7)18-10-8-17(9-11-18)16(3)4/h8-11,13-16H,12H2,1-7H3/i12D2,16D. The summed E-state index contributed by atoms with van der Waals surface area (Å²) in [5.74, 6) is -0.743. The van der Waals surface area contributed by atoms with E-state index in [9.17, 15) is 0 Å². The highest BCUT2D eigenvalue weighted by Crippen LogP contribution is 2.23. The van der Waals surface area contributed by atoms with Crippen molar-refractivity contribution < 1.29 is 4.11 Å². The molecule has 0 saturated carbocycles. The van der Waals surface area contributed by atoms with Crippen LogP contribution in [0.4, 0.5) is 0 Å². The van der Waals surface area contributed by atoms with E-state index in [0.717, 1.165) is 27.6 Å². The van der Waals surface area contributed by atoms with E-state index in [1.165, 1.54) is 0 Å². The minimum atomic E-state index is -1.72. The van der Waals surface area contributed by atoms with Gasteiger partial charge >= 0.3 is 0 Å². The summed E-state index contributed by atoms with van der Waals surface area (Å²) < 4.78 is 25.5. The third kappa shape index (κ3) is 4.54. The van der Waals surface area contributed by atoms with E-state index in [1.807, 2.05) is 64.2 Å². The second kappa shape index (κ2) is 7.00. The molecule has 23 heavy (non-hydrogen) atoms. The fourth-order valence-electron chi connectivity index (χ4n) is 2.62. The average molecular weight is 329 g/mol. The van der Waals surface area contributed by atoms with Crippen LogP contribution in [0.15, 0.2) is 36.5 Å². The molecule has 0 aliphatic heterocycles. The number of nitrogens with zero attached hydrogens (tertiary/aromatic N) is 1. The molecule has 0 aliphatic carbocycles. The SMILES string of the molecule is [2H]C(C)(C)c1ccc(-c2cc(C([2H])([2H])C(C)C)c([Si](C)(C)C)cn2)cc1. The number of aromatic nitrogens is 1. The second-order valence-corrected chi connectivity index (χ2v) is 12.8. The molecule has 1 nitrogen and oxygen atoms in total. The van der Waals surface area contributed by atoms with Gasteiger partial charge in [0.25, 0.3) is 0 Å². The summed E-state index contributed by atoms with van der Waals surface area (Å²) in [4.78, 5) is 4.66. The van der Waals surface area contributed by atoms with Crippen LogP contribution in [0.1, 0.15) is 48.8 Å². The molecular formula is C21H31NSi. The van der Waals surface area contributed by atoms with Gasteiger partial charge in [0.1, 0.15) is 0 Å². The monoisotopic (exact) mass is 328 g/mol. The van der Waals surface area contributed by atoms with E-state index in [4.69, 9.17) is 4.11 Å². The molecule has 1 aromatic heterocycles. The van der Waals surface area contributed by atoms with Gasteiger partial charge in [-0.15, -0.1) is 0 Å². The first kappa shape index (κ1) is 14.0. The molecule has 0 N–H and O–H groups in total. The number of benzene rings is 1. The molecule has 1 aromatic carbocycles. The van der Waals surface area contributed by atoms with Crippen LogP contribution in [0.2, 0.25) is 19.6 Å². The largest absolute Gasteiger partial charge is 0.256 e. The first-order valence-corrected chi connectivity index (χ1v) is 11.9. The zero-order valence-corrected chi connectivity index (χ0v) is 16.5. The molecule has 0 bridgehead atoms. The summed E-state index contributed by atoms with van der Waals surface area (Å²) in [5, 5.41) is 1.09. The number of hydrogen-bond acceptors (Lipinski definition) is 1. The molecule has 0 atom stereocenters. The van der Waals surface area contributed by atoms with Crippen molar-refractivity contribution >= 4 is 13.3 Å². The highest BCUT2D eigenvalue weighted by molar-refractivity contribution is 6.89. The molecule has 0 saturated heterocycles. The highest BCUT2D eigenvalue weighted by Gasteiger charge is 2.21. The molecule has 124 valence electrons. The highest BCUT2D eigenvalue weighted by atomic mass is 28.3. The van der Waals surface area contributed by atoms with Crippen molar-refractivity contribution in [3.05, 3.63) is 47.7 Å². The van der Waals surface area contributed by atoms with Crippen molar-refractivity contribution in [2.24, 2.45) is 5.92 Å². The third-order valence-corrected chi connectivity index (χ3v) is 5.93. The van der Waals surface area contributed by atoms with Crippen LogP contribution in [-0.4, -0.2) is 13.1 Å². The van der Waals surface area contributed by atoms with Crippen molar-refractivity contribution in [2.75, 3.05) is 0 Å². The van der Waals surface area contributed by atoms with Gasteiger partial charge in [0.15, 0.2) is 0 Å². The fraction of sp³-hybridized carbons (Fsp3) is 0.476.